The highest BCUT2D eigenvalue weighted by Crippen LogP contribution is 2.51. The van der Waals surface area contributed by atoms with Crippen LogP contribution in [0.25, 0.3) is 0 Å². The first-order chi connectivity index (χ1) is 14.7. The summed E-state index contributed by atoms with van der Waals surface area (Å²) in [6, 6.07) is 4.37. The first kappa shape index (κ1) is 21.1. The summed E-state index contributed by atoms with van der Waals surface area (Å²) in [5.41, 5.74) is 1.95. The van der Waals surface area contributed by atoms with Gasteiger partial charge < -0.3 is 14.8 Å². The van der Waals surface area contributed by atoms with Crippen LogP contribution in [0.4, 0.5) is 0 Å². The predicted octanol–water partition coefficient (Wildman–Crippen LogP) is 2.34. The Hall–Kier alpha value is -1.80. The molecule has 0 aromatic heterocycles. The molecule has 31 heavy (non-hydrogen) atoms. The molecule has 1 saturated heterocycles. The summed E-state index contributed by atoms with van der Waals surface area (Å²) < 4.78 is 35.5. The van der Waals surface area contributed by atoms with Crippen LogP contribution in [0.5, 0.6) is 11.5 Å². The quantitative estimate of drug-likeness (QED) is 0.764. The molecule has 0 radical (unpaired) electrons. The summed E-state index contributed by atoms with van der Waals surface area (Å²) in [4.78, 5) is 15.2. The van der Waals surface area contributed by atoms with Gasteiger partial charge in [0.25, 0.3) is 0 Å². The van der Waals surface area contributed by atoms with Crippen LogP contribution in [0.15, 0.2) is 12.1 Å². The van der Waals surface area contributed by atoms with E-state index >= 15 is 0 Å². The fraction of sp³-hybridized carbons (Fsp3) is 0.696. The van der Waals surface area contributed by atoms with E-state index in [9.17, 15) is 13.2 Å². The number of sulfone groups is 1. The number of nitrogens with one attached hydrogen (secondary N) is 1. The van der Waals surface area contributed by atoms with Gasteiger partial charge in [0.1, 0.15) is 13.2 Å². The highest BCUT2D eigenvalue weighted by atomic mass is 32.2. The van der Waals surface area contributed by atoms with Crippen LogP contribution in [-0.2, 0) is 20.0 Å². The van der Waals surface area contributed by atoms with Crippen molar-refractivity contribution >= 4 is 15.7 Å². The van der Waals surface area contributed by atoms with E-state index in [0.717, 1.165) is 30.9 Å². The van der Waals surface area contributed by atoms with Crippen molar-refractivity contribution in [3.05, 3.63) is 23.3 Å². The number of carbonyl (C=O) groups excluding carboxylic acids is 1. The molecule has 1 aromatic carbocycles. The van der Waals surface area contributed by atoms with Gasteiger partial charge in [-0.25, -0.2) is 8.42 Å². The standard InChI is InChI=1S/C23H32N2O5S/c1-16-17-11-19-20(30-9-8-29-19)12-18(17)23(5-3-4-6-23)14-25(16)13-21(26)24-22(2)7-10-31(27,28)15-22/h11-12,16H,3-10,13-15H2,1-2H3,(H,24,26)/t16-,22+/m1/s1. The zero-order chi connectivity index (χ0) is 21.9. The number of carbonyl (C=O) groups is 1. The molecule has 5 rings (SSSR count). The average molecular weight is 449 g/mol. The van der Waals surface area contributed by atoms with Gasteiger partial charge in [-0.05, 0) is 56.4 Å². The molecular weight excluding hydrogens is 416 g/mol. The molecule has 8 heteroatoms. The maximum absolute atomic E-state index is 13.0. The van der Waals surface area contributed by atoms with Crippen LogP contribution < -0.4 is 14.8 Å². The van der Waals surface area contributed by atoms with Crippen LogP contribution in [-0.4, -0.2) is 62.6 Å². The molecule has 7 nitrogen and oxygen atoms in total. The van der Waals surface area contributed by atoms with Gasteiger partial charge >= 0.3 is 0 Å². The third-order valence-corrected chi connectivity index (χ3v) is 9.54. The Bertz CT molecular complexity index is 1000. The normalized spacial score (nSPS) is 30.8. The summed E-state index contributed by atoms with van der Waals surface area (Å²) in [5, 5.41) is 3.03. The highest BCUT2D eigenvalue weighted by molar-refractivity contribution is 7.91. The lowest BCUT2D eigenvalue weighted by atomic mass is 9.71. The molecule has 1 N–H and O–H groups in total. The Morgan fingerprint density at radius 1 is 1.16 bits per heavy atom. The van der Waals surface area contributed by atoms with Gasteiger partial charge in [-0.2, -0.15) is 0 Å². The van der Waals surface area contributed by atoms with Gasteiger partial charge in [-0.1, -0.05) is 12.8 Å². The van der Waals surface area contributed by atoms with Gasteiger partial charge in [0.15, 0.2) is 21.3 Å². The largest absolute Gasteiger partial charge is 0.486 e. The molecule has 2 atom stereocenters. The number of benzene rings is 1. The van der Waals surface area contributed by atoms with E-state index in [1.54, 1.807) is 0 Å². The minimum absolute atomic E-state index is 0.0253. The SMILES string of the molecule is C[C@@H]1c2cc3c(cc2C2(CCCC2)CN1CC(=O)N[C@@]1(C)CCS(=O)(=O)C1)OCCO3. The van der Waals surface area contributed by atoms with Gasteiger partial charge in [0.2, 0.25) is 5.91 Å². The first-order valence-corrected chi connectivity index (χ1v) is 13.2. The van der Waals surface area contributed by atoms with Crippen LogP contribution >= 0.6 is 0 Å². The maximum Gasteiger partial charge on any atom is 0.234 e. The zero-order valence-corrected chi connectivity index (χ0v) is 19.2. The zero-order valence-electron chi connectivity index (χ0n) is 18.4. The second-order valence-electron chi connectivity index (χ2n) is 10.1. The lowest BCUT2D eigenvalue weighted by Crippen LogP contribution is -2.53. The van der Waals surface area contributed by atoms with Crippen LogP contribution in [0.1, 0.15) is 63.1 Å². The van der Waals surface area contributed by atoms with Crippen LogP contribution in [0, 0.1) is 0 Å². The number of rotatable bonds is 3. The number of hydrogen-bond donors (Lipinski definition) is 1. The molecule has 1 spiro atoms. The van der Waals surface area contributed by atoms with Gasteiger partial charge in [-0.3, -0.25) is 9.69 Å². The van der Waals surface area contributed by atoms with Crippen molar-refractivity contribution in [1.82, 2.24) is 10.2 Å². The van der Waals surface area contributed by atoms with E-state index in [1.807, 2.05) is 6.92 Å². The Balaban J connectivity index is 1.40. The highest BCUT2D eigenvalue weighted by Gasteiger charge is 2.46. The van der Waals surface area contributed by atoms with Crippen molar-refractivity contribution in [2.75, 3.05) is 37.8 Å². The number of nitrogens with zero attached hydrogens (tertiary/aromatic N) is 1. The average Bonchev–Trinajstić information content (AvgIpc) is 3.29. The second kappa shape index (κ2) is 7.37. The Labute approximate surface area is 184 Å². The molecule has 1 amide bonds. The number of ether oxygens (including phenoxy) is 2. The van der Waals surface area contributed by atoms with Crippen molar-refractivity contribution in [3.63, 3.8) is 0 Å². The third kappa shape index (κ3) is 3.82. The molecule has 0 unspecified atom stereocenters. The maximum atomic E-state index is 13.0. The van der Waals surface area contributed by atoms with Gasteiger partial charge in [0, 0.05) is 18.0 Å². The van der Waals surface area contributed by atoms with Crippen molar-refractivity contribution in [2.45, 2.75) is 62.9 Å². The fourth-order valence-corrected chi connectivity index (χ4v) is 8.15. The smallest absolute Gasteiger partial charge is 0.234 e. The number of amides is 1. The number of fused-ring (bicyclic) bond motifs is 3. The summed E-state index contributed by atoms with van der Waals surface area (Å²) in [7, 11) is -3.06. The Morgan fingerprint density at radius 3 is 2.48 bits per heavy atom. The molecule has 3 aliphatic heterocycles. The molecule has 3 heterocycles. The second-order valence-corrected chi connectivity index (χ2v) is 12.3. The summed E-state index contributed by atoms with van der Waals surface area (Å²) in [5.74, 6) is 1.70. The molecular formula is C23H32N2O5S. The summed E-state index contributed by atoms with van der Waals surface area (Å²) in [6.07, 6.45) is 5.09. The van der Waals surface area contributed by atoms with Crippen LogP contribution in [0.3, 0.4) is 0 Å². The van der Waals surface area contributed by atoms with Crippen molar-refractivity contribution < 1.29 is 22.7 Å². The number of hydrogen-bond acceptors (Lipinski definition) is 6. The lowest BCUT2D eigenvalue weighted by molar-refractivity contribution is -0.124. The molecule has 0 bridgehead atoms. The van der Waals surface area contributed by atoms with Crippen LogP contribution in [0.2, 0.25) is 0 Å². The van der Waals surface area contributed by atoms with Gasteiger partial charge in [0.05, 0.1) is 23.6 Å². The Kier molecular flexibility index (Phi) is 5.01. The molecule has 4 aliphatic rings. The summed E-state index contributed by atoms with van der Waals surface area (Å²) >= 11 is 0. The molecule has 1 saturated carbocycles. The van der Waals surface area contributed by atoms with E-state index in [0.29, 0.717) is 19.6 Å². The van der Waals surface area contributed by atoms with E-state index in [-0.39, 0.29) is 35.4 Å². The van der Waals surface area contributed by atoms with Crippen molar-refractivity contribution in [3.8, 4) is 11.5 Å². The van der Waals surface area contributed by atoms with Gasteiger partial charge in [-0.15, -0.1) is 0 Å². The van der Waals surface area contributed by atoms with E-state index < -0.39 is 15.4 Å². The lowest BCUT2D eigenvalue weighted by Gasteiger charge is -2.46. The third-order valence-electron chi connectivity index (χ3n) is 7.64. The van der Waals surface area contributed by atoms with E-state index in [4.69, 9.17) is 9.47 Å². The van der Waals surface area contributed by atoms with E-state index in [1.165, 1.54) is 24.0 Å². The van der Waals surface area contributed by atoms with E-state index in [2.05, 4.69) is 29.3 Å². The minimum Gasteiger partial charge on any atom is -0.486 e. The fourth-order valence-electron chi connectivity index (χ4n) is 6.06. The molecule has 170 valence electrons. The molecule has 2 fully saturated rings. The summed E-state index contributed by atoms with van der Waals surface area (Å²) in [6.45, 7) is 6.22. The van der Waals surface area contributed by atoms with Crippen molar-refractivity contribution in [1.29, 1.82) is 0 Å². The van der Waals surface area contributed by atoms with Crippen molar-refractivity contribution in [2.24, 2.45) is 0 Å². The molecule has 1 aromatic rings. The molecule has 1 aliphatic carbocycles. The Morgan fingerprint density at radius 2 is 1.84 bits per heavy atom. The topological polar surface area (TPSA) is 84.9 Å². The predicted molar refractivity (Wildman–Crippen MR) is 117 cm³/mol. The first-order valence-electron chi connectivity index (χ1n) is 11.4. The monoisotopic (exact) mass is 448 g/mol. The minimum atomic E-state index is -3.06.